The molecule has 0 aromatic rings. The Labute approximate surface area is 78.2 Å². The van der Waals surface area contributed by atoms with Crippen LogP contribution in [0.5, 0.6) is 0 Å². The van der Waals surface area contributed by atoms with E-state index in [9.17, 15) is 4.79 Å². The molecule has 0 saturated heterocycles. The van der Waals surface area contributed by atoms with E-state index in [0.29, 0.717) is 6.54 Å². The lowest BCUT2D eigenvalue weighted by Gasteiger charge is -2.11. The smallest absolute Gasteiger partial charge is 0.236 e. The van der Waals surface area contributed by atoms with E-state index in [1.165, 1.54) is 5.54 Å². The van der Waals surface area contributed by atoms with E-state index in [1.54, 1.807) is 14.0 Å². The van der Waals surface area contributed by atoms with Crippen molar-refractivity contribution in [2.45, 2.75) is 19.9 Å². The van der Waals surface area contributed by atoms with Crippen molar-refractivity contribution < 1.29 is 4.79 Å². The molecule has 0 fully saturated rings. The summed E-state index contributed by atoms with van der Waals surface area (Å²) in [5, 5.41) is 5.57. The second kappa shape index (κ2) is 6.03. The minimum absolute atomic E-state index is 0.0163. The lowest BCUT2D eigenvalue weighted by atomic mass is 10.3. The standard InChI is InChI=1S/C8H15ClN2O/c1-6(4-9)5-11-7(2)8(12)10-3/h4,7,11H,5H2,1-3H3,(H,10,12). The van der Waals surface area contributed by atoms with Gasteiger partial charge in [0.15, 0.2) is 0 Å². The molecule has 0 aliphatic heterocycles. The van der Waals surface area contributed by atoms with Crippen molar-refractivity contribution in [1.29, 1.82) is 0 Å². The van der Waals surface area contributed by atoms with E-state index in [-0.39, 0.29) is 11.9 Å². The Kier molecular flexibility index (Phi) is 5.76. The van der Waals surface area contributed by atoms with Gasteiger partial charge >= 0.3 is 0 Å². The molecule has 0 rings (SSSR count). The molecular formula is C8H15ClN2O. The Hall–Kier alpha value is -0.540. The maximum absolute atomic E-state index is 11.0. The predicted molar refractivity (Wildman–Crippen MR) is 51.1 cm³/mol. The lowest BCUT2D eigenvalue weighted by Crippen LogP contribution is -2.41. The average molecular weight is 191 g/mol. The van der Waals surface area contributed by atoms with Gasteiger partial charge in [0.1, 0.15) is 0 Å². The lowest BCUT2D eigenvalue weighted by molar-refractivity contribution is -0.122. The number of hydrogen-bond donors (Lipinski definition) is 2. The summed E-state index contributed by atoms with van der Waals surface area (Å²) in [6.07, 6.45) is 0. The zero-order valence-corrected chi connectivity index (χ0v) is 8.40. The fraction of sp³-hybridized carbons (Fsp3) is 0.625. The predicted octanol–water partition coefficient (Wildman–Crippen LogP) is 0.853. The van der Waals surface area contributed by atoms with E-state index < -0.39 is 0 Å². The maximum atomic E-state index is 11.0. The van der Waals surface area contributed by atoms with Crippen molar-refractivity contribution in [1.82, 2.24) is 10.6 Å². The summed E-state index contributed by atoms with van der Waals surface area (Å²) in [6, 6.07) is -0.179. The Morgan fingerprint density at radius 3 is 2.67 bits per heavy atom. The molecule has 0 aromatic heterocycles. The van der Waals surface area contributed by atoms with Crippen LogP contribution >= 0.6 is 11.6 Å². The highest BCUT2D eigenvalue weighted by Crippen LogP contribution is 1.93. The first-order chi connectivity index (χ1) is 5.61. The molecule has 0 saturated carbocycles. The van der Waals surface area contributed by atoms with Gasteiger partial charge < -0.3 is 10.6 Å². The third kappa shape index (κ3) is 4.36. The Morgan fingerprint density at radius 1 is 1.67 bits per heavy atom. The monoisotopic (exact) mass is 190 g/mol. The number of hydrogen-bond acceptors (Lipinski definition) is 2. The molecule has 1 unspecified atom stereocenters. The highest BCUT2D eigenvalue weighted by atomic mass is 35.5. The molecule has 0 heterocycles. The Bertz CT molecular complexity index is 180. The van der Waals surface area contributed by atoms with Crippen molar-refractivity contribution in [3.8, 4) is 0 Å². The molecule has 4 heteroatoms. The van der Waals surface area contributed by atoms with E-state index >= 15 is 0 Å². The minimum Gasteiger partial charge on any atom is -0.358 e. The van der Waals surface area contributed by atoms with Gasteiger partial charge in [-0.1, -0.05) is 11.6 Å². The number of rotatable bonds is 4. The highest BCUT2D eigenvalue weighted by Gasteiger charge is 2.08. The van der Waals surface area contributed by atoms with Gasteiger partial charge in [-0.15, -0.1) is 0 Å². The number of carbonyl (C=O) groups excluding carboxylic acids is 1. The minimum atomic E-state index is -0.179. The molecule has 0 aromatic carbocycles. The second-order valence-electron chi connectivity index (χ2n) is 2.67. The van der Waals surface area contributed by atoms with Crippen LogP contribution in [-0.4, -0.2) is 25.5 Å². The van der Waals surface area contributed by atoms with Gasteiger partial charge in [-0.05, 0) is 19.4 Å². The summed E-state index contributed by atoms with van der Waals surface area (Å²) >= 11 is 5.45. The Balaban J connectivity index is 3.71. The van der Waals surface area contributed by atoms with Crippen LogP contribution in [0, 0.1) is 0 Å². The van der Waals surface area contributed by atoms with Crippen LogP contribution in [0.4, 0.5) is 0 Å². The van der Waals surface area contributed by atoms with E-state index in [2.05, 4.69) is 10.6 Å². The molecule has 3 nitrogen and oxygen atoms in total. The zero-order valence-electron chi connectivity index (χ0n) is 7.65. The van der Waals surface area contributed by atoms with E-state index in [4.69, 9.17) is 11.6 Å². The van der Waals surface area contributed by atoms with Crippen LogP contribution < -0.4 is 10.6 Å². The van der Waals surface area contributed by atoms with Crippen molar-refractivity contribution in [3.05, 3.63) is 11.1 Å². The first-order valence-electron chi connectivity index (χ1n) is 3.82. The zero-order chi connectivity index (χ0) is 9.56. The molecule has 0 aliphatic carbocycles. The van der Waals surface area contributed by atoms with E-state index in [1.807, 2.05) is 6.92 Å². The van der Waals surface area contributed by atoms with Crippen LogP contribution in [0.3, 0.4) is 0 Å². The molecule has 70 valence electrons. The van der Waals surface area contributed by atoms with Gasteiger partial charge in [0.25, 0.3) is 0 Å². The molecule has 0 radical (unpaired) electrons. The maximum Gasteiger partial charge on any atom is 0.236 e. The summed E-state index contributed by atoms with van der Waals surface area (Å²) in [4.78, 5) is 11.0. The van der Waals surface area contributed by atoms with Gasteiger partial charge in [-0.3, -0.25) is 4.79 Å². The molecule has 0 spiro atoms. The van der Waals surface area contributed by atoms with Gasteiger partial charge in [0.05, 0.1) is 6.04 Å². The number of carbonyl (C=O) groups is 1. The molecule has 0 aliphatic rings. The molecule has 1 atom stereocenters. The quantitative estimate of drug-likeness (QED) is 0.691. The molecular weight excluding hydrogens is 176 g/mol. The second-order valence-corrected chi connectivity index (χ2v) is 2.89. The normalized spacial score (nSPS) is 14.2. The van der Waals surface area contributed by atoms with Crippen LogP contribution in [-0.2, 0) is 4.79 Å². The van der Waals surface area contributed by atoms with Crippen LogP contribution in [0.25, 0.3) is 0 Å². The van der Waals surface area contributed by atoms with Gasteiger partial charge in [-0.25, -0.2) is 0 Å². The fourth-order valence-corrected chi connectivity index (χ4v) is 0.739. The summed E-state index contributed by atoms with van der Waals surface area (Å²) in [7, 11) is 1.62. The average Bonchev–Trinajstić information content (AvgIpc) is 2.11. The molecule has 0 bridgehead atoms. The van der Waals surface area contributed by atoms with Gasteiger partial charge in [0, 0.05) is 19.1 Å². The fourth-order valence-electron chi connectivity index (χ4n) is 0.662. The van der Waals surface area contributed by atoms with Crippen LogP contribution in [0.15, 0.2) is 11.1 Å². The van der Waals surface area contributed by atoms with Crippen molar-refractivity contribution >= 4 is 17.5 Å². The summed E-state index contributed by atoms with van der Waals surface area (Å²) in [5.74, 6) is -0.0163. The SMILES string of the molecule is CNC(=O)C(C)NCC(C)=CCl. The van der Waals surface area contributed by atoms with E-state index in [0.717, 1.165) is 5.57 Å². The summed E-state index contributed by atoms with van der Waals surface area (Å²) in [5.41, 5.74) is 2.51. The molecule has 12 heavy (non-hydrogen) atoms. The van der Waals surface area contributed by atoms with Crippen LogP contribution in [0.1, 0.15) is 13.8 Å². The largest absolute Gasteiger partial charge is 0.358 e. The molecule has 1 amide bonds. The first kappa shape index (κ1) is 11.5. The summed E-state index contributed by atoms with van der Waals surface area (Å²) in [6.45, 7) is 4.34. The van der Waals surface area contributed by atoms with Crippen molar-refractivity contribution in [2.24, 2.45) is 0 Å². The number of likely N-dealkylation sites (N-methyl/N-ethyl adjacent to an activating group) is 1. The Morgan fingerprint density at radius 2 is 2.25 bits per heavy atom. The first-order valence-corrected chi connectivity index (χ1v) is 4.26. The summed E-state index contributed by atoms with van der Waals surface area (Å²) < 4.78 is 0. The van der Waals surface area contributed by atoms with Gasteiger partial charge in [-0.2, -0.15) is 0 Å². The topological polar surface area (TPSA) is 41.1 Å². The van der Waals surface area contributed by atoms with Crippen LogP contribution in [0.2, 0.25) is 0 Å². The number of amides is 1. The van der Waals surface area contributed by atoms with Gasteiger partial charge in [0.2, 0.25) is 5.91 Å². The number of halogens is 1. The number of nitrogens with one attached hydrogen (secondary N) is 2. The third-order valence-electron chi connectivity index (χ3n) is 1.51. The highest BCUT2D eigenvalue weighted by molar-refractivity contribution is 6.25. The molecule has 2 N–H and O–H groups in total. The van der Waals surface area contributed by atoms with Crippen molar-refractivity contribution in [2.75, 3.05) is 13.6 Å². The van der Waals surface area contributed by atoms with Crippen molar-refractivity contribution in [3.63, 3.8) is 0 Å². The third-order valence-corrected chi connectivity index (χ3v) is 1.89.